The van der Waals surface area contributed by atoms with Crippen molar-refractivity contribution in [3.05, 3.63) is 23.9 Å². The van der Waals surface area contributed by atoms with Gasteiger partial charge in [0.05, 0.1) is 30.9 Å². The number of ether oxygens (including phenoxy) is 1. The highest BCUT2D eigenvalue weighted by Gasteiger charge is 2.39. The van der Waals surface area contributed by atoms with Gasteiger partial charge in [-0.25, -0.2) is 4.98 Å². The molecule has 3 aliphatic rings. The van der Waals surface area contributed by atoms with E-state index in [-0.39, 0.29) is 36.8 Å². The van der Waals surface area contributed by atoms with Gasteiger partial charge in [-0.15, -0.1) is 24.8 Å². The first kappa shape index (κ1) is 22.2. The normalized spacial score (nSPS) is 29.9. The highest BCUT2D eigenvalue weighted by molar-refractivity contribution is 5.94. The van der Waals surface area contributed by atoms with Crippen molar-refractivity contribution in [3.63, 3.8) is 0 Å². The van der Waals surface area contributed by atoms with E-state index >= 15 is 0 Å². The van der Waals surface area contributed by atoms with Gasteiger partial charge in [0.15, 0.2) is 0 Å². The molecule has 7 nitrogen and oxygen atoms in total. The molecule has 1 aliphatic carbocycles. The minimum atomic E-state index is -0.467. The Balaban J connectivity index is 0.00000131. The second-order valence-corrected chi connectivity index (χ2v) is 7.30. The predicted molar refractivity (Wildman–Crippen MR) is 108 cm³/mol. The van der Waals surface area contributed by atoms with Gasteiger partial charge < -0.3 is 25.4 Å². The Morgan fingerprint density at radius 3 is 2.56 bits per heavy atom. The van der Waals surface area contributed by atoms with Crippen LogP contribution in [0.3, 0.4) is 0 Å². The molecule has 1 aromatic rings. The van der Waals surface area contributed by atoms with Crippen LogP contribution in [0.1, 0.15) is 23.2 Å². The number of aliphatic hydroxyl groups is 1. The number of aromatic nitrogens is 1. The van der Waals surface area contributed by atoms with E-state index in [1.807, 2.05) is 12.1 Å². The number of halogens is 2. The first-order chi connectivity index (χ1) is 12.2. The van der Waals surface area contributed by atoms with E-state index in [4.69, 9.17) is 4.74 Å². The zero-order valence-electron chi connectivity index (χ0n) is 15.2. The fourth-order valence-electron chi connectivity index (χ4n) is 4.20. The van der Waals surface area contributed by atoms with Crippen molar-refractivity contribution in [1.82, 2.24) is 15.6 Å². The van der Waals surface area contributed by atoms with Crippen molar-refractivity contribution in [2.24, 2.45) is 11.8 Å². The van der Waals surface area contributed by atoms with Crippen LogP contribution in [0, 0.1) is 11.8 Å². The molecule has 0 unspecified atom stereocenters. The molecule has 1 saturated carbocycles. The number of nitrogens with one attached hydrogen (secondary N) is 2. The molecule has 2 aliphatic heterocycles. The Hall–Kier alpha value is -1.12. The fourth-order valence-corrected chi connectivity index (χ4v) is 4.20. The van der Waals surface area contributed by atoms with E-state index in [1.54, 1.807) is 6.20 Å². The number of hydrogen-bond donors (Lipinski definition) is 3. The Bertz CT molecular complexity index is 613. The average molecular weight is 419 g/mol. The number of pyridine rings is 1. The summed E-state index contributed by atoms with van der Waals surface area (Å²) >= 11 is 0. The maximum atomic E-state index is 12.5. The monoisotopic (exact) mass is 418 g/mol. The number of aliphatic hydroxyl groups excluding tert-OH is 1. The average Bonchev–Trinajstić information content (AvgIpc) is 3.10. The highest BCUT2D eigenvalue weighted by atomic mass is 35.5. The van der Waals surface area contributed by atoms with Gasteiger partial charge in [-0.1, -0.05) is 0 Å². The van der Waals surface area contributed by atoms with Crippen molar-refractivity contribution in [3.8, 4) is 0 Å². The standard InChI is InChI=1S/C18H26N4O3.2ClH/c23-16-8-14-10-19-9-13(14)7-15(16)21-18(24)12-1-2-17(20-11-12)22-3-5-25-6-4-22;;/h1-2,11,13-16,19,23H,3-10H2,(H,21,24);2*1H/t13-,14+,15-,16-;;/m0../s1. The largest absolute Gasteiger partial charge is 0.391 e. The molecule has 0 aromatic carbocycles. The van der Waals surface area contributed by atoms with E-state index in [9.17, 15) is 9.90 Å². The third-order valence-corrected chi connectivity index (χ3v) is 5.71. The van der Waals surface area contributed by atoms with Gasteiger partial charge in [-0.2, -0.15) is 0 Å². The predicted octanol–water partition coefficient (Wildman–Crippen LogP) is 0.851. The van der Waals surface area contributed by atoms with Crippen LogP contribution in [0.5, 0.6) is 0 Å². The number of carbonyl (C=O) groups excluding carboxylic acids is 1. The lowest BCUT2D eigenvalue weighted by molar-refractivity contribution is 0.0462. The quantitative estimate of drug-likeness (QED) is 0.674. The lowest BCUT2D eigenvalue weighted by atomic mass is 9.77. The van der Waals surface area contributed by atoms with E-state index in [0.717, 1.165) is 44.8 Å². The Morgan fingerprint density at radius 1 is 1.19 bits per heavy atom. The van der Waals surface area contributed by atoms with Crippen molar-refractivity contribution in [2.45, 2.75) is 25.0 Å². The first-order valence-corrected chi connectivity index (χ1v) is 9.19. The smallest absolute Gasteiger partial charge is 0.253 e. The van der Waals surface area contributed by atoms with Crippen LogP contribution < -0.4 is 15.5 Å². The maximum absolute atomic E-state index is 12.5. The molecule has 0 radical (unpaired) electrons. The summed E-state index contributed by atoms with van der Waals surface area (Å²) in [5.41, 5.74) is 0.538. The Labute approximate surface area is 172 Å². The third kappa shape index (κ3) is 5.03. The van der Waals surface area contributed by atoms with Crippen LogP contribution in [0.25, 0.3) is 0 Å². The van der Waals surface area contributed by atoms with E-state index in [0.29, 0.717) is 30.6 Å². The summed E-state index contributed by atoms with van der Waals surface area (Å²) in [7, 11) is 0. The van der Waals surface area contributed by atoms with Gasteiger partial charge in [0.25, 0.3) is 5.91 Å². The zero-order valence-corrected chi connectivity index (χ0v) is 16.8. The number of anilines is 1. The maximum Gasteiger partial charge on any atom is 0.253 e. The summed E-state index contributed by atoms with van der Waals surface area (Å²) in [6.07, 6.45) is 2.75. The summed E-state index contributed by atoms with van der Waals surface area (Å²) in [5, 5.41) is 16.7. The number of fused-ring (bicyclic) bond motifs is 1. The summed E-state index contributed by atoms with van der Waals surface area (Å²) < 4.78 is 5.35. The third-order valence-electron chi connectivity index (χ3n) is 5.71. The van der Waals surface area contributed by atoms with Gasteiger partial charge in [0, 0.05) is 19.3 Å². The van der Waals surface area contributed by atoms with Crippen LogP contribution >= 0.6 is 24.8 Å². The minimum Gasteiger partial charge on any atom is -0.391 e. The van der Waals surface area contributed by atoms with E-state index in [2.05, 4.69) is 20.5 Å². The molecule has 3 fully saturated rings. The molecular weight excluding hydrogens is 391 g/mol. The van der Waals surface area contributed by atoms with Crippen molar-refractivity contribution < 1.29 is 14.6 Å². The summed E-state index contributed by atoms with van der Waals surface area (Å²) in [6, 6.07) is 3.52. The molecule has 3 heterocycles. The molecule has 3 N–H and O–H groups in total. The molecule has 4 atom stereocenters. The molecule has 27 heavy (non-hydrogen) atoms. The number of morpholine rings is 1. The molecule has 9 heteroatoms. The number of rotatable bonds is 3. The topological polar surface area (TPSA) is 86.7 Å². The summed E-state index contributed by atoms with van der Waals surface area (Å²) in [4.78, 5) is 19.1. The molecule has 2 saturated heterocycles. The minimum absolute atomic E-state index is 0. The van der Waals surface area contributed by atoms with Gasteiger partial charge in [0.2, 0.25) is 0 Å². The molecule has 0 spiro atoms. The van der Waals surface area contributed by atoms with E-state index < -0.39 is 6.10 Å². The molecule has 1 amide bonds. The van der Waals surface area contributed by atoms with Gasteiger partial charge >= 0.3 is 0 Å². The molecule has 4 rings (SSSR count). The highest BCUT2D eigenvalue weighted by Crippen LogP contribution is 2.33. The molecule has 0 bridgehead atoms. The van der Waals surface area contributed by atoms with E-state index in [1.165, 1.54) is 0 Å². The summed E-state index contributed by atoms with van der Waals surface area (Å²) in [5.74, 6) is 1.81. The van der Waals surface area contributed by atoms with Crippen molar-refractivity contribution >= 4 is 36.5 Å². The number of carbonyl (C=O) groups is 1. The van der Waals surface area contributed by atoms with Crippen molar-refractivity contribution in [2.75, 3.05) is 44.3 Å². The van der Waals surface area contributed by atoms with Gasteiger partial charge in [-0.3, -0.25) is 4.79 Å². The van der Waals surface area contributed by atoms with Gasteiger partial charge in [-0.05, 0) is 49.9 Å². The summed E-state index contributed by atoms with van der Waals surface area (Å²) in [6.45, 7) is 5.03. The molecule has 152 valence electrons. The number of nitrogens with zero attached hydrogens (tertiary/aromatic N) is 2. The number of amides is 1. The zero-order chi connectivity index (χ0) is 17.2. The van der Waals surface area contributed by atoms with Crippen LogP contribution in [0.4, 0.5) is 5.82 Å². The first-order valence-electron chi connectivity index (χ1n) is 9.19. The van der Waals surface area contributed by atoms with Gasteiger partial charge in [0.1, 0.15) is 5.82 Å². The SMILES string of the molecule is Cl.Cl.O=C(N[C@H]1C[C@H]2CNC[C@H]2C[C@@H]1O)c1ccc(N2CCOCC2)nc1. The Morgan fingerprint density at radius 2 is 1.89 bits per heavy atom. The van der Waals surface area contributed by atoms with Crippen molar-refractivity contribution in [1.29, 1.82) is 0 Å². The Kier molecular flexibility index (Phi) is 8.12. The van der Waals surface area contributed by atoms with Crippen LogP contribution in [0.2, 0.25) is 0 Å². The lowest BCUT2D eigenvalue weighted by Gasteiger charge is -2.35. The van der Waals surface area contributed by atoms with Crippen LogP contribution in [-0.4, -0.2) is 67.5 Å². The molecule has 1 aromatic heterocycles. The second-order valence-electron chi connectivity index (χ2n) is 7.30. The number of hydrogen-bond acceptors (Lipinski definition) is 6. The van der Waals surface area contributed by atoms with Crippen LogP contribution in [0.15, 0.2) is 18.3 Å². The van der Waals surface area contributed by atoms with Crippen LogP contribution in [-0.2, 0) is 4.74 Å². The fraction of sp³-hybridized carbons (Fsp3) is 0.667. The second kappa shape index (κ2) is 9.89. The lowest BCUT2D eigenvalue weighted by Crippen LogP contribution is -2.49. The molecular formula is C18H28Cl2N4O3.